The highest BCUT2D eigenvalue weighted by atomic mass is 35.5. The number of halogens is 2. The average Bonchev–Trinajstić information content (AvgIpc) is 3.52. The maximum atomic E-state index is 12.0. The molecule has 1 aromatic heterocycles. The quantitative estimate of drug-likeness (QED) is 0.235. The van der Waals surface area contributed by atoms with E-state index in [-0.39, 0.29) is 22.6 Å². The molecule has 6 rings (SSSR count). The smallest absolute Gasteiger partial charge is 0.292 e. The molecule has 178 valence electrons. The number of hydrogen-bond acceptors (Lipinski definition) is 4. The molecule has 3 aromatic carbocycles. The Bertz CT molecular complexity index is 1440. The lowest BCUT2D eigenvalue weighted by Gasteiger charge is -2.32. The molecule has 0 saturated carbocycles. The normalized spacial score (nSPS) is 19.8. The molecule has 35 heavy (non-hydrogen) atoms. The first-order valence-corrected chi connectivity index (χ1v) is 12.6. The summed E-state index contributed by atoms with van der Waals surface area (Å²) < 4.78 is 0. The largest absolute Gasteiger partial charge is 0.366 e. The molecule has 2 aliphatic heterocycles. The second-order valence-electron chi connectivity index (χ2n) is 9.26. The molecular weight excluding hydrogens is 483 g/mol. The zero-order valence-electron chi connectivity index (χ0n) is 18.9. The van der Waals surface area contributed by atoms with Gasteiger partial charge in [0.15, 0.2) is 0 Å². The highest BCUT2D eigenvalue weighted by Crippen LogP contribution is 2.44. The molecular formula is C27H24Cl2N4O2. The van der Waals surface area contributed by atoms with Crippen LogP contribution in [0.25, 0.3) is 10.9 Å². The topological polar surface area (TPSA) is 74.2 Å². The van der Waals surface area contributed by atoms with Gasteiger partial charge in [-0.3, -0.25) is 10.1 Å². The van der Waals surface area contributed by atoms with Crippen LogP contribution in [0.15, 0.2) is 60.7 Å². The van der Waals surface area contributed by atoms with E-state index in [9.17, 15) is 10.1 Å². The summed E-state index contributed by atoms with van der Waals surface area (Å²) in [6.45, 7) is 2.36. The van der Waals surface area contributed by atoms with Crippen LogP contribution in [0.2, 0.25) is 10.0 Å². The van der Waals surface area contributed by atoms with E-state index in [0.717, 1.165) is 53.7 Å². The lowest BCUT2D eigenvalue weighted by Crippen LogP contribution is -2.34. The summed E-state index contributed by atoms with van der Waals surface area (Å²) in [5.41, 5.74) is 5.94. The first-order valence-electron chi connectivity index (χ1n) is 11.8. The molecule has 0 aliphatic carbocycles. The van der Waals surface area contributed by atoms with Gasteiger partial charge in [0.05, 0.1) is 11.0 Å². The van der Waals surface area contributed by atoms with Crippen molar-refractivity contribution in [2.24, 2.45) is 0 Å². The van der Waals surface area contributed by atoms with Crippen molar-refractivity contribution in [2.45, 2.75) is 24.8 Å². The number of nitrogens with one attached hydrogen (secondary N) is 2. The molecule has 6 nitrogen and oxygen atoms in total. The van der Waals surface area contributed by atoms with E-state index in [4.69, 9.17) is 23.2 Å². The van der Waals surface area contributed by atoms with E-state index in [1.807, 2.05) is 36.4 Å². The summed E-state index contributed by atoms with van der Waals surface area (Å²) in [5, 5.41) is 18.0. The molecule has 4 aromatic rings. The van der Waals surface area contributed by atoms with E-state index in [1.165, 1.54) is 5.56 Å². The van der Waals surface area contributed by atoms with Crippen molar-refractivity contribution in [3.8, 4) is 0 Å². The molecule has 8 heteroatoms. The van der Waals surface area contributed by atoms with E-state index < -0.39 is 0 Å². The van der Waals surface area contributed by atoms with E-state index in [0.29, 0.717) is 22.3 Å². The highest BCUT2D eigenvalue weighted by Gasteiger charge is 2.34. The van der Waals surface area contributed by atoms with Crippen molar-refractivity contribution in [2.75, 3.05) is 24.5 Å². The van der Waals surface area contributed by atoms with Gasteiger partial charge in [-0.05, 0) is 53.8 Å². The number of benzene rings is 3. The van der Waals surface area contributed by atoms with Crippen LogP contribution in [-0.2, 0) is 0 Å². The predicted octanol–water partition coefficient (Wildman–Crippen LogP) is 6.81. The third-order valence-corrected chi connectivity index (χ3v) is 7.82. The molecule has 2 N–H and O–H groups in total. The number of nitro benzene ring substituents is 1. The van der Waals surface area contributed by atoms with Crippen LogP contribution in [0.5, 0.6) is 0 Å². The van der Waals surface area contributed by atoms with Crippen LogP contribution < -0.4 is 10.2 Å². The lowest BCUT2D eigenvalue weighted by atomic mass is 9.83. The molecule has 0 spiro atoms. The number of rotatable bonds is 4. The third-order valence-electron chi connectivity index (χ3n) is 7.25. The number of aromatic nitrogens is 1. The third kappa shape index (κ3) is 3.86. The number of nitrogens with zero attached hydrogens (tertiary/aromatic N) is 2. The van der Waals surface area contributed by atoms with Crippen molar-refractivity contribution in [1.82, 2.24) is 10.3 Å². The average molecular weight is 507 g/mol. The monoisotopic (exact) mass is 506 g/mol. The van der Waals surface area contributed by atoms with Gasteiger partial charge in [0.25, 0.3) is 5.69 Å². The fourth-order valence-corrected chi connectivity index (χ4v) is 6.19. The molecule has 1 saturated heterocycles. The second kappa shape index (κ2) is 8.86. The number of para-hydroxylation sites is 1. The van der Waals surface area contributed by atoms with Crippen molar-refractivity contribution in [3.63, 3.8) is 0 Å². The Morgan fingerprint density at radius 2 is 1.80 bits per heavy atom. The minimum Gasteiger partial charge on any atom is -0.366 e. The van der Waals surface area contributed by atoms with Crippen LogP contribution in [0.1, 0.15) is 47.2 Å². The summed E-state index contributed by atoms with van der Waals surface area (Å²) in [6.07, 6.45) is 2.13. The van der Waals surface area contributed by atoms with Gasteiger partial charge in [-0.15, -0.1) is 0 Å². The van der Waals surface area contributed by atoms with E-state index in [1.54, 1.807) is 12.1 Å². The molecule has 1 fully saturated rings. The maximum absolute atomic E-state index is 12.0. The number of H-pyrrole nitrogens is 1. The number of fused-ring (bicyclic) bond motifs is 3. The molecule has 0 radical (unpaired) electrons. The second-order valence-corrected chi connectivity index (χ2v) is 10.1. The fraction of sp³-hybridized carbons (Fsp3) is 0.259. The SMILES string of the molecule is O=[N+]([O-])c1cc([C@H]2NC[C@@H](c3ccc(Cl)cc3Cl)c3c2[nH]c2ccccc32)ccc1N1CCCC1. The molecule has 3 heterocycles. The fourth-order valence-electron chi connectivity index (χ4n) is 5.65. The maximum Gasteiger partial charge on any atom is 0.292 e. The first-order chi connectivity index (χ1) is 17.0. The molecule has 0 amide bonds. The van der Waals surface area contributed by atoms with E-state index in [2.05, 4.69) is 27.3 Å². The molecule has 2 aliphatic rings. The predicted molar refractivity (Wildman–Crippen MR) is 141 cm³/mol. The van der Waals surface area contributed by atoms with Crippen LogP contribution >= 0.6 is 23.2 Å². The summed E-state index contributed by atoms with van der Waals surface area (Å²) >= 11 is 12.8. The number of aromatic amines is 1. The minimum atomic E-state index is -0.262. The Hall–Kier alpha value is -3.06. The summed E-state index contributed by atoms with van der Waals surface area (Å²) in [6, 6.07) is 19.3. The van der Waals surface area contributed by atoms with Crippen molar-refractivity contribution in [1.29, 1.82) is 0 Å². The first kappa shape index (κ1) is 22.4. The van der Waals surface area contributed by atoms with Crippen molar-refractivity contribution >= 4 is 45.5 Å². The summed E-state index contributed by atoms with van der Waals surface area (Å²) in [7, 11) is 0. The van der Waals surface area contributed by atoms with E-state index >= 15 is 0 Å². The Balaban J connectivity index is 1.48. The van der Waals surface area contributed by atoms with Crippen LogP contribution in [-0.4, -0.2) is 29.5 Å². The van der Waals surface area contributed by atoms with Gasteiger partial charge in [0, 0.05) is 58.3 Å². The lowest BCUT2D eigenvalue weighted by molar-refractivity contribution is -0.384. The Labute approximate surface area is 213 Å². The Morgan fingerprint density at radius 3 is 2.57 bits per heavy atom. The van der Waals surface area contributed by atoms with Gasteiger partial charge < -0.3 is 15.2 Å². The minimum absolute atomic E-state index is 0.0148. The van der Waals surface area contributed by atoms with Crippen LogP contribution in [0, 0.1) is 10.1 Å². The number of anilines is 1. The molecule has 2 atom stereocenters. The van der Waals surface area contributed by atoms with Crippen molar-refractivity contribution < 1.29 is 4.92 Å². The highest BCUT2D eigenvalue weighted by molar-refractivity contribution is 6.35. The number of nitro groups is 1. The number of hydrogen-bond donors (Lipinski definition) is 2. The van der Waals surface area contributed by atoms with Gasteiger partial charge >= 0.3 is 0 Å². The molecule has 0 unspecified atom stereocenters. The Kier molecular flexibility index (Phi) is 5.67. The van der Waals surface area contributed by atoms with Gasteiger partial charge in [-0.25, -0.2) is 0 Å². The standard InChI is InChI=1S/C27H24Cl2N4O2/c28-17-8-9-18(21(29)14-17)20-15-30-26(27-25(20)19-5-1-2-6-22(19)31-27)16-7-10-23(24(13-16)33(34)35)32-11-3-4-12-32/h1-2,5-10,13-14,20,26,30-31H,3-4,11-12,15H2/t20-,26+/m0/s1. The van der Waals surface area contributed by atoms with Gasteiger partial charge in [0.2, 0.25) is 0 Å². The zero-order valence-corrected chi connectivity index (χ0v) is 20.4. The zero-order chi connectivity index (χ0) is 24.1. The van der Waals surface area contributed by atoms with Crippen LogP contribution in [0.4, 0.5) is 11.4 Å². The van der Waals surface area contributed by atoms with Crippen LogP contribution in [0.3, 0.4) is 0 Å². The summed E-state index contributed by atoms with van der Waals surface area (Å²) in [5.74, 6) is 0.0148. The molecule has 0 bridgehead atoms. The van der Waals surface area contributed by atoms with Gasteiger partial charge in [-0.1, -0.05) is 53.5 Å². The van der Waals surface area contributed by atoms with Gasteiger partial charge in [0.1, 0.15) is 5.69 Å². The Morgan fingerprint density at radius 1 is 1.00 bits per heavy atom. The van der Waals surface area contributed by atoms with Gasteiger partial charge in [-0.2, -0.15) is 0 Å². The summed E-state index contributed by atoms with van der Waals surface area (Å²) in [4.78, 5) is 17.5. The van der Waals surface area contributed by atoms with Crippen molar-refractivity contribution in [3.05, 3.63) is 103 Å².